The Bertz CT molecular complexity index is 596. The van der Waals surface area contributed by atoms with Crippen LogP contribution in [0, 0.1) is 0 Å². The molecule has 2 aromatic carbocycles. The van der Waals surface area contributed by atoms with Crippen LogP contribution >= 0.6 is 0 Å². The number of carbonyl (C=O) groups excluding carboxylic acids is 1. The van der Waals surface area contributed by atoms with Gasteiger partial charge in [-0.1, -0.05) is 48.5 Å². The molecule has 20 heavy (non-hydrogen) atoms. The van der Waals surface area contributed by atoms with E-state index in [1.165, 1.54) is 23.6 Å². The largest absolute Gasteiger partial charge is 0.457 e. The number of hydrogen-bond donors (Lipinski definition) is 0. The summed E-state index contributed by atoms with van der Waals surface area (Å²) in [5.41, 5.74) is 4.93. The van der Waals surface area contributed by atoms with Crippen molar-refractivity contribution >= 4 is 5.97 Å². The standard InChI is InChI=1S/C18H18O2/c1-13(19)20-18-12-16-6-4-14(5-7-16)2-3-15-8-10-17(18)11-9-15/h4-11,18H,2-3,12H2,1H3/t18-/m1/s1. The topological polar surface area (TPSA) is 26.3 Å². The molecule has 0 saturated heterocycles. The number of aryl methyl sites for hydroxylation is 2. The smallest absolute Gasteiger partial charge is 0.303 e. The molecule has 0 aliphatic heterocycles. The van der Waals surface area contributed by atoms with Gasteiger partial charge in [0.05, 0.1) is 0 Å². The first kappa shape index (κ1) is 12.9. The minimum Gasteiger partial charge on any atom is -0.457 e. The number of benzene rings is 2. The Morgan fingerprint density at radius 1 is 0.900 bits per heavy atom. The van der Waals surface area contributed by atoms with Crippen molar-refractivity contribution in [1.29, 1.82) is 0 Å². The van der Waals surface area contributed by atoms with Gasteiger partial charge in [0.15, 0.2) is 0 Å². The highest BCUT2D eigenvalue weighted by Gasteiger charge is 2.16. The van der Waals surface area contributed by atoms with E-state index in [-0.39, 0.29) is 12.1 Å². The predicted octanol–water partition coefficient (Wildman–Crippen LogP) is 3.63. The van der Waals surface area contributed by atoms with Crippen LogP contribution in [0.2, 0.25) is 0 Å². The molecule has 0 aromatic heterocycles. The van der Waals surface area contributed by atoms with Crippen LogP contribution in [0.25, 0.3) is 0 Å². The summed E-state index contributed by atoms with van der Waals surface area (Å²) >= 11 is 0. The number of rotatable bonds is 1. The van der Waals surface area contributed by atoms with Gasteiger partial charge < -0.3 is 4.74 Å². The molecule has 2 heteroatoms. The summed E-state index contributed by atoms with van der Waals surface area (Å²) in [4.78, 5) is 11.3. The number of esters is 1. The monoisotopic (exact) mass is 266 g/mol. The zero-order chi connectivity index (χ0) is 13.9. The van der Waals surface area contributed by atoms with Crippen LogP contribution in [-0.4, -0.2) is 5.97 Å². The zero-order valence-corrected chi connectivity index (χ0v) is 11.6. The van der Waals surface area contributed by atoms with Crippen molar-refractivity contribution in [2.24, 2.45) is 0 Å². The van der Waals surface area contributed by atoms with Crippen molar-refractivity contribution in [1.82, 2.24) is 0 Å². The van der Waals surface area contributed by atoms with E-state index < -0.39 is 0 Å². The molecule has 4 bridgehead atoms. The van der Waals surface area contributed by atoms with E-state index in [1.807, 2.05) is 0 Å². The van der Waals surface area contributed by atoms with Crippen LogP contribution in [0.5, 0.6) is 0 Å². The third-order valence-corrected chi connectivity index (χ3v) is 3.81. The van der Waals surface area contributed by atoms with Gasteiger partial charge in [0.25, 0.3) is 0 Å². The molecular weight excluding hydrogens is 248 g/mol. The third kappa shape index (κ3) is 2.90. The lowest BCUT2D eigenvalue weighted by Gasteiger charge is -2.19. The third-order valence-electron chi connectivity index (χ3n) is 3.81. The van der Waals surface area contributed by atoms with E-state index in [2.05, 4.69) is 48.5 Å². The minimum absolute atomic E-state index is 0.202. The van der Waals surface area contributed by atoms with E-state index in [4.69, 9.17) is 4.74 Å². The second-order valence-electron chi connectivity index (χ2n) is 5.36. The maximum absolute atomic E-state index is 11.3. The summed E-state index contributed by atoms with van der Waals surface area (Å²) in [6.07, 6.45) is 2.62. The quantitative estimate of drug-likeness (QED) is 0.737. The fourth-order valence-corrected chi connectivity index (χ4v) is 2.67. The average Bonchev–Trinajstić information content (AvgIpc) is 2.44. The summed E-state index contributed by atoms with van der Waals surface area (Å²) < 4.78 is 5.49. The van der Waals surface area contributed by atoms with E-state index in [1.54, 1.807) is 0 Å². The molecule has 2 aromatic rings. The average molecular weight is 266 g/mol. The molecule has 0 fully saturated rings. The predicted molar refractivity (Wildman–Crippen MR) is 78.5 cm³/mol. The normalized spacial score (nSPS) is 17.4. The van der Waals surface area contributed by atoms with Crippen LogP contribution < -0.4 is 0 Å². The van der Waals surface area contributed by atoms with Gasteiger partial charge >= 0.3 is 5.97 Å². The van der Waals surface area contributed by atoms with E-state index >= 15 is 0 Å². The highest BCUT2D eigenvalue weighted by atomic mass is 16.5. The number of carbonyl (C=O) groups is 1. The lowest BCUT2D eigenvalue weighted by Crippen LogP contribution is -2.12. The van der Waals surface area contributed by atoms with E-state index in [0.717, 1.165) is 24.8 Å². The van der Waals surface area contributed by atoms with Gasteiger partial charge in [0.2, 0.25) is 0 Å². The molecule has 6 rings (SSSR count). The Balaban J connectivity index is 1.99. The molecule has 0 heterocycles. The van der Waals surface area contributed by atoms with Gasteiger partial charge in [-0.25, -0.2) is 0 Å². The van der Waals surface area contributed by atoms with Gasteiger partial charge in [-0.2, -0.15) is 0 Å². The Hall–Kier alpha value is -2.09. The van der Waals surface area contributed by atoms with Crippen LogP contribution in [0.3, 0.4) is 0 Å². The Kier molecular flexibility index (Phi) is 3.55. The molecule has 0 radical (unpaired) electrons. The van der Waals surface area contributed by atoms with E-state index in [0.29, 0.717) is 0 Å². The second kappa shape index (κ2) is 5.49. The Morgan fingerprint density at radius 2 is 1.40 bits per heavy atom. The molecule has 0 saturated carbocycles. The van der Waals surface area contributed by atoms with Crippen LogP contribution in [-0.2, 0) is 28.8 Å². The number of ether oxygens (including phenoxy) is 1. The van der Waals surface area contributed by atoms with E-state index in [9.17, 15) is 4.79 Å². The molecule has 0 spiro atoms. The Labute approximate surface area is 119 Å². The lowest BCUT2D eigenvalue weighted by atomic mass is 9.95. The molecule has 0 N–H and O–H groups in total. The lowest BCUT2D eigenvalue weighted by molar-refractivity contribution is -0.146. The fraction of sp³-hybridized carbons (Fsp3) is 0.278. The summed E-state index contributed by atoms with van der Waals surface area (Å²) in [6, 6.07) is 17.1. The highest BCUT2D eigenvalue weighted by molar-refractivity contribution is 5.66. The SMILES string of the molecule is CC(=O)O[C@@H]1Cc2ccc(cc2)CCc2ccc1cc2. The first-order valence-electron chi connectivity index (χ1n) is 7.04. The van der Waals surface area contributed by atoms with Gasteiger partial charge in [0, 0.05) is 13.3 Å². The molecule has 4 aliphatic carbocycles. The molecule has 2 nitrogen and oxygen atoms in total. The van der Waals surface area contributed by atoms with Gasteiger partial charge in [-0.3, -0.25) is 4.79 Å². The second-order valence-corrected chi connectivity index (χ2v) is 5.36. The number of hydrogen-bond acceptors (Lipinski definition) is 2. The van der Waals surface area contributed by atoms with Gasteiger partial charge in [-0.15, -0.1) is 0 Å². The molecule has 0 amide bonds. The molecule has 102 valence electrons. The van der Waals surface area contributed by atoms with Crippen molar-refractivity contribution in [3.63, 3.8) is 0 Å². The Morgan fingerprint density at radius 3 is 1.95 bits per heavy atom. The van der Waals surface area contributed by atoms with Crippen molar-refractivity contribution in [2.75, 3.05) is 0 Å². The first-order chi connectivity index (χ1) is 9.70. The van der Waals surface area contributed by atoms with Crippen molar-refractivity contribution in [3.05, 3.63) is 70.8 Å². The maximum atomic E-state index is 11.3. The van der Waals surface area contributed by atoms with Gasteiger partial charge in [0.1, 0.15) is 6.10 Å². The minimum atomic E-state index is -0.234. The summed E-state index contributed by atoms with van der Waals surface area (Å²) in [7, 11) is 0. The molecule has 1 atom stereocenters. The first-order valence-corrected chi connectivity index (χ1v) is 7.04. The maximum Gasteiger partial charge on any atom is 0.303 e. The fourth-order valence-electron chi connectivity index (χ4n) is 2.67. The molecule has 4 aliphatic rings. The summed E-state index contributed by atoms with van der Waals surface area (Å²) in [6.45, 7) is 1.47. The van der Waals surface area contributed by atoms with Crippen LogP contribution in [0.15, 0.2) is 48.5 Å². The van der Waals surface area contributed by atoms with Gasteiger partial charge in [-0.05, 0) is 35.1 Å². The van der Waals surface area contributed by atoms with Crippen molar-refractivity contribution in [2.45, 2.75) is 32.3 Å². The summed E-state index contributed by atoms with van der Waals surface area (Å²) in [5.74, 6) is -0.234. The summed E-state index contributed by atoms with van der Waals surface area (Å²) in [5, 5.41) is 0. The van der Waals surface area contributed by atoms with Crippen molar-refractivity contribution in [3.8, 4) is 0 Å². The molecule has 0 unspecified atom stereocenters. The zero-order valence-electron chi connectivity index (χ0n) is 11.6. The van der Waals surface area contributed by atoms with Crippen molar-refractivity contribution < 1.29 is 9.53 Å². The van der Waals surface area contributed by atoms with Crippen LogP contribution in [0.1, 0.15) is 35.3 Å². The molecular formula is C18H18O2. The van der Waals surface area contributed by atoms with Crippen LogP contribution in [0.4, 0.5) is 0 Å². The highest BCUT2D eigenvalue weighted by Crippen LogP contribution is 2.25.